The van der Waals surface area contributed by atoms with Gasteiger partial charge in [-0.15, -0.1) is 0 Å². The van der Waals surface area contributed by atoms with Crippen LogP contribution >= 0.6 is 22.6 Å². The molecule has 1 aromatic rings. The Hall–Kier alpha value is -0.580. The molecule has 0 aliphatic carbocycles. The van der Waals surface area contributed by atoms with Gasteiger partial charge < -0.3 is 4.90 Å². The molecule has 0 bridgehead atoms. The standard InChI is InChI=1S/C8H8INO/c1-10(6-11)8-4-2-7(9)3-5-8/h2-6H,1H3. The number of amides is 1. The summed E-state index contributed by atoms with van der Waals surface area (Å²) in [5, 5.41) is 0. The van der Waals surface area contributed by atoms with Crippen molar-refractivity contribution in [3.8, 4) is 0 Å². The van der Waals surface area contributed by atoms with Crippen molar-refractivity contribution in [2.24, 2.45) is 0 Å². The van der Waals surface area contributed by atoms with E-state index in [1.807, 2.05) is 24.3 Å². The van der Waals surface area contributed by atoms with Crippen molar-refractivity contribution in [1.29, 1.82) is 0 Å². The van der Waals surface area contributed by atoms with Gasteiger partial charge >= 0.3 is 0 Å². The number of anilines is 1. The maximum atomic E-state index is 10.3. The van der Waals surface area contributed by atoms with E-state index in [4.69, 9.17) is 0 Å². The molecule has 0 aliphatic heterocycles. The minimum atomic E-state index is 0.794. The van der Waals surface area contributed by atoms with Gasteiger partial charge in [-0.1, -0.05) is 0 Å². The molecule has 0 unspecified atom stereocenters. The monoisotopic (exact) mass is 261 g/mol. The van der Waals surface area contributed by atoms with Crippen LogP contribution in [0.2, 0.25) is 0 Å². The maximum absolute atomic E-state index is 10.3. The second kappa shape index (κ2) is 3.71. The second-order valence-corrected chi connectivity index (χ2v) is 3.44. The number of hydrogen-bond donors (Lipinski definition) is 0. The third-order valence-corrected chi connectivity index (χ3v) is 2.11. The van der Waals surface area contributed by atoms with Crippen LogP contribution < -0.4 is 4.90 Å². The Bertz CT molecular complexity index is 245. The van der Waals surface area contributed by atoms with Crippen molar-refractivity contribution in [1.82, 2.24) is 0 Å². The minimum absolute atomic E-state index is 0.794. The summed E-state index contributed by atoms with van der Waals surface area (Å²) < 4.78 is 1.17. The Labute approximate surface area is 79.3 Å². The van der Waals surface area contributed by atoms with E-state index in [2.05, 4.69) is 22.6 Å². The SMILES string of the molecule is CN(C=O)c1ccc(I)cc1. The number of carbonyl (C=O) groups is 1. The quantitative estimate of drug-likeness (QED) is 0.588. The van der Waals surface area contributed by atoms with Crippen LogP contribution in [0.25, 0.3) is 0 Å². The lowest BCUT2D eigenvalue weighted by Crippen LogP contribution is -2.13. The average molecular weight is 261 g/mol. The largest absolute Gasteiger partial charge is 0.318 e. The first kappa shape index (κ1) is 8.52. The Morgan fingerprint density at radius 2 is 1.91 bits per heavy atom. The van der Waals surface area contributed by atoms with Gasteiger partial charge in [0.25, 0.3) is 0 Å². The van der Waals surface area contributed by atoms with Crippen LogP contribution in [0.3, 0.4) is 0 Å². The molecule has 0 fully saturated rings. The molecule has 1 aromatic carbocycles. The number of carbonyl (C=O) groups excluding carboxylic acids is 1. The van der Waals surface area contributed by atoms with Gasteiger partial charge in [0.2, 0.25) is 6.41 Å². The van der Waals surface area contributed by atoms with E-state index in [-0.39, 0.29) is 0 Å². The van der Waals surface area contributed by atoms with Crippen molar-refractivity contribution in [3.05, 3.63) is 27.8 Å². The van der Waals surface area contributed by atoms with Crippen LogP contribution in [-0.2, 0) is 4.79 Å². The van der Waals surface area contributed by atoms with E-state index in [9.17, 15) is 4.79 Å². The molecule has 0 atom stereocenters. The van der Waals surface area contributed by atoms with E-state index in [1.165, 1.54) is 8.47 Å². The number of hydrogen-bond acceptors (Lipinski definition) is 1. The van der Waals surface area contributed by atoms with Crippen LogP contribution in [0, 0.1) is 3.57 Å². The van der Waals surface area contributed by atoms with Gasteiger partial charge in [0.1, 0.15) is 0 Å². The van der Waals surface area contributed by atoms with Gasteiger partial charge in [0.15, 0.2) is 0 Å². The van der Waals surface area contributed by atoms with Gasteiger partial charge in [-0.2, -0.15) is 0 Å². The molecular weight excluding hydrogens is 253 g/mol. The van der Waals surface area contributed by atoms with Crippen LogP contribution in [0.5, 0.6) is 0 Å². The highest BCUT2D eigenvalue weighted by Gasteiger charge is 1.95. The first-order chi connectivity index (χ1) is 5.24. The lowest BCUT2D eigenvalue weighted by atomic mass is 10.3. The average Bonchev–Trinajstić information content (AvgIpc) is 2.05. The molecule has 11 heavy (non-hydrogen) atoms. The molecule has 0 heterocycles. The van der Waals surface area contributed by atoms with E-state index >= 15 is 0 Å². The Morgan fingerprint density at radius 1 is 1.36 bits per heavy atom. The highest BCUT2D eigenvalue weighted by molar-refractivity contribution is 14.1. The number of rotatable bonds is 2. The molecule has 1 amide bonds. The van der Waals surface area contributed by atoms with Crippen LogP contribution in [0.15, 0.2) is 24.3 Å². The smallest absolute Gasteiger partial charge is 0.213 e. The summed E-state index contributed by atoms with van der Waals surface area (Å²) in [6.45, 7) is 0. The lowest BCUT2D eigenvalue weighted by Gasteiger charge is -2.09. The summed E-state index contributed by atoms with van der Waals surface area (Å²) in [4.78, 5) is 11.9. The molecule has 1 rings (SSSR count). The lowest BCUT2D eigenvalue weighted by molar-refractivity contribution is -0.107. The Kier molecular flexibility index (Phi) is 2.87. The molecule has 0 aromatic heterocycles. The normalized spacial score (nSPS) is 9.27. The fourth-order valence-corrected chi connectivity index (χ4v) is 1.10. The summed E-state index contributed by atoms with van der Waals surface area (Å²) in [6, 6.07) is 7.76. The van der Waals surface area contributed by atoms with Gasteiger partial charge in [0.05, 0.1) is 0 Å². The van der Waals surface area contributed by atoms with Gasteiger partial charge in [0, 0.05) is 16.3 Å². The van der Waals surface area contributed by atoms with Crippen molar-refractivity contribution in [3.63, 3.8) is 0 Å². The van der Waals surface area contributed by atoms with E-state index < -0.39 is 0 Å². The van der Waals surface area contributed by atoms with Crippen molar-refractivity contribution < 1.29 is 4.79 Å². The number of nitrogens with zero attached hydrogens (tertiary/aromatic N) is 1. The summed E-state index contributed by atoms with van der Waals surface area (Å²) >= 11 is 2.23. The third kappa shape index (κ3) is 2.18. The summed E-state index contributed by atoms with van der Waals surface area (Å²) in [5.41, 5.74) is 0.917. The fraction of sp³-hybridized carbons (Fsp3) is 0.125. The Morgan fingerprint density at radius 3 is 2.36 bits per heavy atom. The molecule has 3 heteroatoms. The molecule has 0 saturated carbocycles. The zero-order valence-electron chi connectivity index (χ0n) is 6.12. The van der Waals surface area contributed by atoms with Crippen LogP contribution in [0.4, 0.5) is 5.69 Å². The van der Waals surface area contributed by atoms with Crippen LogP contribution in [0.1, 0.15) is 0 Å². The molecule has 0 N–H and O–H groups in total. The molecule has 58 valence electrons. The topological polar surface area (TPSA) is 20.3 Å². The molecule has 0 radical (unpaired) electrons. The summed E-state index contributed by atoms with van der Waals surface area (Å²) in [6.07, 6.45) is 0.794. The molecular formula is C8H8INO. The highest BCUT2D eigenvalue weighted by atomic mass is 127. The van der Waals surface area contributed by atoms with Gasteiger partial charge in [-0.05, 0) is 46.9 Å². The molecule has 0 aliphatic rings. The van der Waals surface area contributed by atoms with Gasteiger partial charge in [-0.3, -0.25) is 4.79 Å². The van der Waals surface area contributed by atoms with Crippen LogP contribution in [-0.4, -0.2) is 13.5 Å². The molecule has 2 nitrogen and oxygen atoms in total. The van der Waals surface area contributed by atoms with Crippen molar-refractivity contribution >= 4 is 34.7 Å². The minimum Gasteiger partial charge on any atom is -0.318 e. The van der Waals surface area contributed by atoms with E-state index in [0.717, 1.165) is 12.1 Å². The number of benzene rings is 1. The fourth-order valence-electron chi connectivity index (χ4n) is 0.737. The highest BCUT2D eigenvalue weighted by Crippen LogP contribution is 2.13. The first-order valence-electron chi connectivity index (χ1n) is 3.18. The van der Waals surface area contributed by atoms with Crippen molar-refractivity contribution in [2.75, 3.05) is 11.9 Å². The second-order valence-electron chi connectivity index (χ2n) is 2.19. The van der Waals surface area contributed by atoms with E-state index in [0.29, 0.717) is 0 Å². The first-order valence-corrected chi connectivity index (χ1v) is 4.25. The zero-order chi connectivity index (χ0) is 8.27. The van der Waals surface area contributed by atoms with Gasteiger partial charge in [-0.25, -0.2) is 0 Å². The molecule has 0 saturated heterocycles. The Balaban J connectivity index is 2.89. The molecule has 0 spiro atoms. The van der Waals surface area contributed by atoms with Crippen molar-refractivity contribution in [2.45, 2.75) is 0 Å². The predicted octanol–water partition coefficient (Wildman–Crippen LogP) is 1.88. The maximum Gasteiger partial charge on any atom is 0.213 e. The van der Waals surface area contributed by atoms with E-state index in [1.54, 1.807) is 7.05 Å². The number of halogens is 1. The predicted molar refractivity (Wildman–Crippen MR) is 53.6 cm³/mol. The third-order valence-electron chi connectivity index (χ3n) is 1.39. The summed E-state index contributed by atoms with van der Waals surface area (Å²) in [5.74, 6) is 0. The summed E-state index contributed by atoms with van der Waals surface area (Å²) in [7, 11) is 1.73. The zero-order valence-corrected chi connectivity index (χ0v) is 8.28.